The molecule has 0 unspecified atom stereocenters. The van der Waals surface area contributed by atoms with Crippen LogP contribution in [0.5, 0.6) is 0 Å². The van der Waals surface area contributed by atoms with Crippen LogP contribution in [-0.4, -0.2) is 20.7 Å². The molecule has 7 heteroatoms. The third kappa shape index (κ3) is 3.46. The molecule has 0 radical (unpaired) electrons. The highest BCUT2D eigenvalue weighted by atomic mass is 32.2. The van der Waals surface area contributed by atoms with Crippen LogP contribution in [0.1, 0.15) is 35.8 Å². The van der Waals surface area contributed by atoms with Crippen molar-refractivity contribution in [1.82, 2.24) is 5.32 Å². The van der Waals surface area contributed by atoms with E-state index in [0.717, 1.165) is 36.8 Å². The van der Waals surface area contributed by atoms with Gasteiger partial charge in [0.2, 0.25) is 0 Å². The summed E-state index contributed by atoms with van der Waals surface area (Å²) < 4.78 is 29.0. The molecular weight excluding hydrogens is 328 g/mol. The summed E-state index contributed by atoms with van der Waals surface area (Å²) in [5.41, 5.74) is 2.11. The van der Waals surface area contributed by atoms with Gasteiger partial charge < -0.3 is 15.1 Å². The summed E-state index contributed by atoms with van der Waals surface area (Å²) in [6.07, 6.45) is 5.48. The standard InChI is InChI=1S/C17H20N2O4S/c1-11-6-7-12(10-16(11)24(2,21)22)18-17(20)19-14-4-3-5-15-13(14)8-9-23-15/h6-10,14H,3-5H2,1-2H3,(H2,18,19,20)/t14-/m1/s1. The molecule has 1 heterocycles. The Morgan fingerprint density at radius 3 is 2.83 bits per heavy atom. The van der Waals surface area contributed by atoms with E-state index in [1.165, 1.54) is 6.07 Å². The van der Waals surface area contributed by atoms with Crippen molar-refractivity contribution in [1.29, 1.82) is 0 Å². The van der Waals surface area contributed by atoms with Gasteiger partial charge in [-0.15, -0.1) is 0 Å². The van der Waals surface area contributed by atoms with Crippen LogP contribution in [0.25, 0.3) is 0 Å². The van der Waals surface area contributed by atoms with Gasteiger partial charge in [0, 0.05) is 23.9 Å². The molecule has 1 aliphatic carbocycles. The molecule has 0 fully saturated rings. The highest BCUT2D eigenvalue weighted by Gasteiger charge is 2.24. The van der Waals surface area contributed by atoms with Crippen LogP contribution in [0, 0.1) is 6.92 Å². The lowest BCUT2D eigenvalue weighted by atomic mass is 9.93. The average Bonchev–Trinajstić information content (AvgIpc) is 2.97. The Kier molecular flexibility index (Phi) is 4.36. The minimum atomic E-state index is -3.34. The number of carbonyl (C=O) groups is 1. The molecule has 2 N–H and O–H groups in total. The maximum Gasteiger partial charge on any atom is 0.319 e. The van der Waals surface area contributed by atoms with Crippen LogP contribution >= 0.6 is 0 Å². The number of furan rings is 1. The fourth-order valence-corrected chi connectivity index (χ4v) is 4.03. The predicted molar refractivity (Wildman–Crippen MR) is 90.8 cm³/mol. The van der Waals surface area contributed by atoms with Crippen molar-refractivity contribution in [3.63, 3.8) is 0 Å². The number of fused-ring (bicyclic) bond motifs is 1. The zero-order valence-electron chi connectivity index (χ0n) is 13.6. The Morgan fingerprint density at radius 2 is 2.08 bits per heavy atom. The second-order valence-corrected chi connectivity index (χ2v) is 8.08. The fourth-order valence-electron chi connectivity index (χ4n) is 3.04. The largest absolute Gasteiger partial charge is 0.469 e. The van der Waals surface area contributed by atoms with E-state index in [0.29, 0.717) is 11.3 Å². The number of hydrogen-bond acceptors (Lipinski definition) is 4. The van der Waals surface area contributed by atoms with E-state index in [4.69, 9.17) is 4.42 Å². The normalized spacial score (nSPS) is 17.2. The van der Waals surface area contributed by atoms with Gasteiger partial charge in [0.25, 0.3) is 0 Å². The number of hydrogen-bond donors (Lipinski definition) is 2. The van der Waals surface area contributed by atoms with Crippen molar-refractivity contribution >= 4 is 21.6 Å². The van der Waals surface area contributed by atoms with Gasteiger partial charge >= 0.3 is 6.03 Å². The number of sulfone groups is 1. The lowest BCUT2D eigenvalue weighted by Gasteiger charge is -2.23. The molecule has 2 amide bonds. The van der Waals surface area contributed by atoms with Crippen molar-refractivity contribution in [3.05, 3.63) is 47.4 Å². The number of carbonyl (C=O) groups excluding carboxylic acids is 1. The van der Waals surface area contributed by atoms with E-state index >= 15 is 0 Å². The lowest BCUT2D eigenvalue weighted by molar-refractivity contribution is 0.246. The first kappa shape index (κ1) is 16.6. The van der Waals surface area contributed by atoms with Gasteiger partial charge in [-0.3, -0.25) is 0 Å². The smallest absolute Gasteiger partial charge is 0.319 e. The lowest BCUT2D eigenvalue weighted by Crippen LogP contribution is -2.34. The molecule has 1 aromatic heterocycles. The predicted octanol–water partition coefficient (Wildman–Crippen LogP) is 3.19. The maximum absolute atomic E-state index is 12.3. The summed E-state index contributed by atoms with van der Waals surface area (Å²) in [6, 6.07) is 6.28. The van der Waals surface area contributed by atoms with Gasteiger partial charge in [-0.05, 0) is 43.5 Å². The van der Waals surface area contributed by atoms with E-state index in [2.05, 4.69) is 10.6 Å². The Morgan fingerprint density at radius 1 is 1.29 bits per heavy atom. The van der Waals surface area contributed by atoms with Crippen LogP contribution in [0.15, 0.2) is 39.8 Å². The van der Waals surface area contributed by atoms with Crippen LogP contribution in [0.2, 0.25) is 0 Å². The molecule has 2 aromatic rings. The Hall–Kier alpha value is -2.28. The van der Waals surface area contributed by atoms with Crippen LogP contribution < -0.4 is 10.6 Å². The van der Waals surface area contributed by atoms with E-state index in [1.54, 1.807) is 25.3 Å². The highest BCUT2D eigenvalue weighted by molar-refractivity contribution is 7.90. The van der Waals surface area contributed by atoms with Gasteiger partial charge in [-0.1, -0.05) is 6.07 Å². The Bertz CT molecular complexity index is 870. The minimum Gasteiger partial charge on any atom is -0.469 e. The molecule has 1 aliphatic rings. The van der Waals surface area contributed by atoms with Crippen molar-refractivity contribution in [2.24, 2.45) is 0 Å². The summed E-state index contributed by atoms with van der Waals surface area (Å²) >= 11 is 0. The minimum absolute atomic E-state index is 0.0904. The maximum atomic E-state index is 12.3. The summed E-state index contributed by atoms with van der Waals surface area (Å²) in [5.74, 6) is 0.918. The number of aryl methyl sites for hydroxylation is 2. The van der Waals surface area contributed by atoms with Gasteiger partial charge in [0.15, 0.2) is 9.84 Å². The van der Waals surface area contributed by atoms with Gasteiger partial charge in [-0.2, -0.15) is 0 Å². The first-order valence-electron chi connectivity index (χ1n) is 7.79. The molecule has 0 aliphatic heterocycles. The van der Waals surface area contributed by atoms with Crippen LogP contribution in [0.4, 0.5) is 10.5 Å². The third-order valence-corrected chi connectivity index (χ3v) is 5.44. The first-order chi connectivity index (χ1) is 11.3. The van der Waals surface area contributed by atoms with Crippen LogP contribution in [0.3, 0.4) is 0 Å². The quantitative estimate of drug-likeness (QED) is 0.891. The molecule has 3 rings (SSSR count). The number of benzene rings is 1. The zero-order valence-corrected chi connectivity index (χ0v) is 14.4. The first-order valence-corrected chi connectivity index (χ1v) is 9.68. The molecule has 0 spiro atoms. The van der Waals surface area contributed by atoms with E-state index < -0.39 is 9.84 Å². The van der Waals surface area contributed by atoms with Gasteiger partial charge in [0.1, 0.15) is 5.76 Å². The number of urea groups is 1. The number of nitrogens with one attached hydrogen (secondary N) is 2. The number of rotatable bonds is 3. The fraction of sp³-hybridized carbons (Fsp3) is 0.353. The molecule has 1 atom stereocenters. The van der Waals surface area contributed by atoms with Crippen molar-refractivity contribution < 1.29 is 17.6 Å². The summed E-state index contributed by atoms with van der Waals surface area (Å²) in [4.78, 5) is 12.5. The third-order valence-electron chi connectivity index (χ3n) is 4.20. The topological polar surface area (TPSA) is 88.4 Å². The summed E-state index contributed by atoms with van der Waals surface area (Å²) in [6.45, 7) is 1.72. The molecule has 0 bridgehead atoms. The van der Waals surface area contributed by atoms with Gasteiger partial charge in [-0.25, -0.2) is 13.2 Å². The summed E-state index contributed by atoms with van der Waals surface area (Å²) in [5, 5.41) is 5.63. The van der Waals surface area contributed by atoms with Crippen LogP contribution in [-0.2, 0) is 16.3 Å². The average molecular weight is 348 g/mol. The van der Waals surface area contributed by atoms with E-state index in [9.17, 15) is 13.2 Å². The van der Waals surface area contributed by atoms with Crippen molar-refractivity contribution in [3.8, 4) is 0 Å². The Labute approximate surface area is 141 Å². The SMILES string of the molecule is Cc1ccc(NC(=O)N[C@@H]2CCCc3occc32)cc1S(C)(=O)=O. The molecule has 6 nitrogen and oxygen atoms in total. The number of anilines is 1. The molecule has 24 heavy (non-hydrogen) atoms. The molecule has 0 saturated carbocycles. The second kappa shape index (κ2) is 6.32. The van der Waals surface area contributed by atoms with Crippen molar-refractivity contribution in [2.75, 3.05) is 11.6 Å². The molecule has 0 saturated heterocycles. The highest BCUT2D eigenvalue weighted by Crippen LogP contribution is 2.30. The molecular formula is C17H20N2O4S. The van der Waals surface area contributed by atoms with Crippen molar-refractivity contribution in [2.45, 2.75) is 37.1 Å². The summed E-state index contributed by atoms with van der Waals surface area (Å²) in [7, 11) is -3.34. The molecule has 128 valence electrons. The zero-order chi connectivity index (χ0) is 17.3. The Balaban J connectivity index is 1.73. The van der Waals surface area contributed by atoms with Gasteiger partial charge in [0.05, 0.1) is 17.2 Å². The second-order valence-electron chi connectivity index (χ2n) is 6.09. The van der Waals surface area contributed by atoms with E-state index in [1.807, 2.05) is 6.07 Å². The van der Waals surface area contributed by atoms with E-state index in [-0.39, 0.29) is 17.0 Å². The molecule has 1 aromatic carbocycles. The number of amides is 2. The monoisotopic (exact) mass is 348 g/mol.